The molecule has 108 valence electrons. The Morgan fingerprint density at radius 2 is 1.84 bits per heavy atom. The molecule has 0 saturated carbocycles. The van der Waals surface area contributed by atoms with E-state index in [1.54, 1.807) is 0 Å². The summed E-state index contributed by atoms with van der Waals surface area (Å²) in [6.07, 6.45) is 3.46. The number of rotatable bonds is 5. The molecule has 2 unspecified atom stereocenters. The van der Waals surface area contributed by atoms with Gasteiger partial charge in [0.15, 0.2) is 0 Å². The van der Waals surface area contributed by atoms with Crippen LogP contribution in [-0.2, 0) is 0 Å². The van der Waals surface area contributed by atoms with Gasteiger partial charge in [-0.1, -0.05) is 58.7 Å². The third-order valence-corrected chi connectivity index (χ3v) is 4.38. The molecule has 0 bridgehead atoms. The molecule has 1 nitrogen and oxygen atoms in total. The van der Waals surface area contributed by atoms with E-state index in [-0.39, 0.29) is 0 Å². The fraction of sp³-hybridized carbons (Fsp3) is 0.667. The molecule has 0 fully saturated rings. The molecule has 0 spiro atoms. The molecular formula is C18H30O. The summed E-state index contributed by atoms with van der Waals surface area (Å²) in [6, 6.07) is 5.98. The summed E-state index contributed by atoms with van der Waals surface area (Å²) in [4.78, 5) is 0. The molecule has 1 heteroatoms. The highest BCUT2D eigenvalue weighted by atomic mass is 16.3. The number of benzene rings is 1. The van der Waals surface area contributed by atoms with Crippen molar-refractivity contribution in [2.75, 3.05) is 0 Å². The van der Waals surface area contributed by atoms with E-state index in [1.165, 1.54) is 5.56 Å². The third-order valence-electron chi connectivity index (χ3n) is 4.38. The quantitative estimate of drug-likeness (QED) is 0.726. The maximum Gasteiger partial charge on any atom is 0.119 e. The summed E-state index contributed by atoms with van der Waals surface area (Å²) < 4.78 is 0. The summed E-state index contributed by atoms with van der Waals surface area (Å²) in [5, 5.41) is 10.1. The largest absolute Gasteiger partial charge is 0.508 e. The monoisotopic (exact) mass is 262 g/mol. The molecule has 0 aliphatic carbocycles. The van der Waals surface area contributed by atoms with Crippen LogP contribution in [0.15, 0.2) is 18.2 Å². The zero-order valence-electron chi connectivity index (χ0n) is 13.5. The van der Waals surface area contributed by atoms with Crippen LogP contribution in [0, 0.1) is 18.3 Å². The molecule has 0 radical (unpaired) electrons. The van der Waals surface area contributed by atoms with Gasteiger partial charge in [-0.05, 0) is 48.6 Å². The van der Waals surface area contributed by atoms with Crippen molar-refractivity contribution in [1.82, 2.24) is 0 Å². The van der Waals surface area contributed by atoms with Crippen molar-refractivity contribution in [3.63, 3.8) is 0 Å². The van der Waals surface area contributed by atoms with Crippen LogP contribution >= 0.6 is 0 Å². The highest BCUT2D eigenvalue weighted by Gasteiger charge is 2.25. The SMILES string of the molecule is CCCC(CC(C)C(C)(C)C)c1cc(C)ccc1O. The van der Waals surface area contributed by atoms with Gasteiger partial charge < -0.3 is 5.11 Å². The van der Waals surface area contributed by atoms with Gasteiger partial charge in [0.1, 0.15) is 5.75 Å². The van der Waals surface area contributed by atoms with Crippen molar-refractivity contribution in [3.05, 3.63) is 29.3 Å². The second-order valence-corrected chi connectivity index (χ2v) is 7.05. The summed E-state index contributed by atoms with van der Waals surface area (Å²) in [6.45, 7) is 13.6. The molecule has 1 rings (SSSR count). The van der Waals surface area contributed by atoms with Crippen molar-refractivity contribution >= 4 is 0 Å². The first-order valence-corrected chi connectivity index (χ1v) is 7.55. The number of hydrogen-bond donors (Lipinski definition) is 1. The van der Waals surface area contributed by atoms with Gasteiger partial charge in [-0.3, -0.25) is 0 Å². The summed E-state index contributed by atoms with van der Waals surface area (Å²) in [7, 11) is 0. The van der Waals surface area contributed by atoms with Crippen molar-refractivity contribution < 1.29 is 5.11 Å². The summed E-state index contributed by atoms with van der Waals surface area (Å²) in [5.74, 6) is 1.58. The van der Waals surface area contributed by atoms with Crippen LogP contribution in [0.1, 0.15) is 70.9 Å². The smallest absolute Gasteiger partial charge is 0.119 e. The third kappa shape index (κ3) is 4.56. The average molecular weight is 262 g/mol. The van der Waals surface area contributed by atoms with Crippen LogP contribution in [0.25, 0.3) is 0 Å². The normalized spacial score (nSPS) is 15.3. The molecule has 19 heavy (non-hydrogen) atoms. The molecule has 1 N–H and O–H groups in total. The first-order valence-electron chi connectivity index (χ1n) is 7.55. The highest BCUT2D eigenvalue weighted by Crippen LogP contribution is 2.39. The van der Waals surface area contributed by atoms with E-state index in [1.807, 2.05) is 12.1 Å². The lowest BCUT2D eigenvalue weighted by atomic mass is 9.74. The van der Waals surface area contributed by atoms with Crippen molar-refractivity contribution in [3.8, 4) is 5.75 Å². The van der Waals surface area contributed by atoms with Gasteiger partial charge >= 0.3 is 0 Å². The molecular weight excluding hydrogens is 232 g/mol. The molecule has 0 aliphatic heterocycles. The molecule has 0 heterocycles. The molecule has 1 aromatic rings. The number of aryl methyl sites for hydroxylation is 1. The fourth-order valence-corrected chi connectivity index (χ4v) is 2.53. The van der Waals surface area contributed by atoms with Gasteiger partial charge in [-0.2, -0.15) is 0 Å². The van der Waals surface area contributed by atoms with Gasteiger partial charge in [-0.15, -0.1) is 0 Å². The van der Waals surface area contributed by atoms with Gasteiger partial charge in [0.25, 0.3) is 0 Å². The van der Waals surface area contributed by atoms with E-state index in [4.69, 9.17) is 0 Å². The Morgan fingerprint density at radius 3 is 2.37 bits per heavy atom. The van der Waals surface area contributed by atoms with E-state index >= 15 is 0 Å². The molecule has 0 amide bonds. The predicted octanol–water partition coefficient (Wildman–Crippen LogP) is 5.66. The second kappa shape index (κ2) is 6.45. The van der Waals surface area contributed by atoms with E-state index in [2.05, 4.69) is 47.6 Å². The highest BCUT2D eigenvalue weighted by molar-refractivity contribution is 5.38. The summed E-state index contributed by atoms with van der Waals surface area (Å²) in [5.41, 5.74) is 2.70. The lowest BCUT2D eigenvalue weighted by Gasteiger charge is -2.31. The van der Waals surface area contributed by atoms with Crippen LogP contribution in [0.2, 0.25) is 0 Å². The second-order valence-electron chi connectivity index (χ2n) is 7.05. The van der Waals surface area contributed by atoms with Crippen LogP contribution in [-0.4, -0.2) is 5.11 Å². The minimum absolute atomic E-state index is 0.325. The maximum absolute atomic E-state index is 10.1. The Morgan fingerprint density at radius 1 is 1.21 bits per heavy atom. The number of phenols is 1. The molecule has 2 atom stereocenters. The molecule has 0 saturated heterocycles. The van der Waals surface area contributed by atoms with Gasteiger partial charge in [0, 0.05) is 0 Å². The van der Waals surface area contributed by atoms with E-state index < -0.39 is 0 Å². The first-order chi connectivity index (χ1) is 8.75. The Hall–Kier alpha value is -0.980. The van der Waals surface area contributed by atoms with Crippen molar-refractivity contribution in [1.29, 1.82) is 0 Å². The average Bonchev–Trinajstić information content (AvgIpc) is 2.30. The Balaban J connectivity index is 2.97. The molecule has 0 aliphatic rings. The fourth-order valence-electron chi connectivity index (χ4n) is 2.53. The predicted molar refractivity (Wildman–Crippen MR) is 83.7 cm³/mol. The van der Waals surface area contributed by atoms with Crippen LogP contribution in [0.4, 0.5) is 0 Å². The van der Waals surface area contributed by atoms with Gasteiger partial charge in [0.2, 0.25) is 0 Å². The maximum atomic E-state index is 10.1. The Labute approximate surface area is 119 Å². The van der Waals surface area contributed by atoms with Gasteiger partial charge in [-0.25, -0.2) is 0 Å². The van der Waals surface area contributed by atoms with Crippen LogP contribution in [0.3, 0.4) is 0 Å². The van der Waals surface area contributed by atoms with Crippen LogP contribution < -0.4 is 0 Å². The lowest BCUT2D eigenvalue weighted by molar-refractivity contribution is 0.228. The Bertz CT molecular complexity index is 401. The van der Waals surface area contributed by atoms with Crippen molar-refractivity contribution in [2.24, 2.45) is 11.3 Å². The topological polar surface area (TPSA) is 20.2 Å². The van der Waals surface area contributed by atoms with Crippen LogP contribution in [0.5, 0.6) is 5.75 Å². The minimum Gasteiger partial charge on any atom is -0.508 e. The lowest BCUT2D eigenvalue weighted by Crippen LogP contribution is -2.20. The molecule has 1 aromatic carbocycles. The number of phenolic OH excluding ortho intramolecular Hbond substituents is 1. The summed E-state index contributed by atoms with van der Waals surface area (Å²) >= 11 is 0. The van der Waals surface area contributed by atoms with Gasteiger partial charge in [0.05, 0.1) is 0 Å². The number of hydrogen-bond acceptors (Lipinski definition) is 1. The number of aromatic hydroxyl groups is 1. The zero-order chi connectivity index (χ0) is 14.6. The van der Waals surface area contributed by atoms with E-state index in [0.717, 1.165) is 24.8 Å². The standard InChI is InChI=1S/C18H30O/c1-7-8-15(12-14(3)18(4,5)6)16-11-13(2)9-10-17(16)19/h9-11,14-15,19H,7-8,12H2,1-6H3. The zero-order valence-corrected chi connectivity index (χ0v) is 13.5. The minimum atomic E-state index is 0.325. The van der Waals surface area contributed by atoms with Crippen molar-refractivity contribution in [2.45, 2.75) is 66.7 Å². The van der Waals surface area contributed by atoms with E-state index in [9.17, 15) is 5.11 Å². The van der Waals surface area contributed by atoms with E-state index in [0.29, 0.717) is 23.0 Å². The first kappa shape index (κ1) is 16.1. The molecule has 0 aromatic heterocycles. The Kier molecular flexibility index (Phi) is 5.46.